The van der Waals surface area contributed by atoms with Gasteiger partial charge in [-0.25, -0.2) is 8.42 Å². The molecule has 0 atom stereocenters. The summed E-state index contributed by atoms with van der Waals surface area (Å²) in [6, 6.07) is 6.90. The van der Waals surface area contributed by atoms with E-state index in [1.165, 1.54) is 0 Å². The molecule has 0 fully saturated rings. The molecule has 1 aromatic rings. The number of rotatable bonds is 5. The summed E-state index contributed by atoms with van der Waals surface area (Å²) in [5.74, 6) is 0.177. The van der Waals surface area contributed by atoms with Gasteiger partial charge in [-0.1, -0.05) is 12.1 Å². The van der Waals surface area contributed by atoms with Crippen molar-refractivity contribution >= 4 is 25.8 Å². The van der Waals surface area contributed by atoms with Gasteiger partial charge in [-0.05, 0) is 48.1 Å². The predicted molar refractivity (Wildman–Crippen MR) is 64.7 cm³/mol. The zero-order chi connectivity index (χ0) is 11.3. The van der Waals surface area contributed by atoms with Crippen LogP contribution < -0.4 is 5.32 Å². The summed E-state index contributed by atoms with van der Waals surface area (Å²) in [6.45, 7) is 0.712. The maximum atomic E-state index is 11.9. The Labute approximate surface area is 98.9 Å². The largest absolute Gasteiger partial charge is 0.320 e. The molecule has 3 nitrogen and oxygen atoms in total. The highest BCUT2D eigenvalue weighted by molar-refractivity contribution is 9.10. The van der Waals surface area contributed by atoms with Crippen LogP contribution in [0, 0.1) is 0 Å². The zero-order valence-electron chi connectivity index (χ0n) is 8.53. The van der Waals surface area contributed by atoms with Crippen molar-refractivity contribution in [2.75, 3.05) is 19.3 Å². The van der Waals surface area contributed by atoms with Gasteiger partial charge in [-0.2, -0.15) is 0 Å². The van der Waals surface area contributed by atoms with Gasteiger partial charge in [0, 0.05) is 4.47 Å². The molecule has 0 spiro atoms. The molecule has 1 aromatic carbocycles. The Bertz CT molecular complexity index is 417. The van der Waals surface area contributed by atoms with Crippen molar-refractivity contribution in [3.05, 3.63) is 28.7 Å². The first-order valence-corrected chi connectivity index (χ1v) is 7.14. The Morgan fingerprint density at radius 1 is 1.33 bits per heavy atom. The van der Waals surface area contributed by atoms with E-state index >= 15 is 0 Å². The first-order valence-electron chi connectivity index (χ1n) is 4.70. The number of nitrogens with one attached hydrogen (secondary N) is 1. The highest BCUT2D eigenvalue weighted by Crippen LogP contribution is 2.22. The summed E-state index contributed by atoms with van der Waals surface area (Å²) < 4.78 is 24.4. The minimum atomic E-state index is -3.15. The van der Waals surface area contributed by atoms with Gasteiger partial charge in [0.25, 0.3) is 0 Å². The van der Waals surface area contributed by atoms with Crippen molar-refractivity contribution in [3.8, 4) is 0 Å². The summed E-state index contributed by atoms with van der Waals surface area (Å²) >= 11 is 3.25. The van der Waals surface area contributed by atoms with Crippen molar-refractivity contribution in [2.45, 2.75) is 11.3 Å². The monoisotopic (exact) mass is 291 g/mol. The average molecular weight is 292 g/mol. The fourth-order valence-corrected chi connectivity index (χ4v) is 3.67. The lowest BCUT2D eigenvalue weighted by molar-refractivity contribution is 0.591. The van der Waals surface area contributed by atoms with Crippen LogP contribution in [-0.2, 0) is 9.84 Å². The fourth-order valence-electron chi connectivity index (χ4n) is 1.25. The minimum absolute atomic E-state index is 0.177. The number of hydrogen-bond donors (Lipinski definition) is 1. The van der Waals surface area contributed by atoms with E-state index in [1.54, 1.807) is 24.3 Å². The molecule has 15 heavy (non-hydrogen) atoms. The lowest BCUT2D eigenvalue weighted by Gasteiger charge is -2.05. The van der Waals surface area contributed by atoms with Gasteiger partial charge in [-0.3, -0.25) is 0 Å². The molecule has 0 saturated carbocycles. The highest BCUT2D eigenvalue weighted by Gasteiger charge is 2.16. The van der Waals surface area contributed by atoms with E-state index in [9.17, 15) is 8.42 Å². The Morgan fingerprint density at radius 2 is 2.00 bits per heavy atom. The van der Waals surface area contributed by atoms with Crippen molar-refractivity contribution in [1.29, 1.82) is 0 Å². The van der Waals surface area contributed by atoms with Gasteiger partial charge in [0.15, 0.2) is 9.84 Å². The zero-order valence-corrected chi connectivity index (χ0v) is 10.9. The van der Waals surface area contributed by atoms with Crippen LogP contribution in [0.4, 0.5) is 0 Å². The molecule has 0 unspecified atom stereocenters. The molecule has 1 rings (SSSR count). The van der Waals surface area contributed by atoms with E-state index in [4.69, 9.17) is 0 Å². The molecule has 0 heterocycles. The second kappa shape index (κ2) is 5.63. The van der Waals surface area contributed by atoms with E-state index < -0.39 is 9.84 Å². The van der Waals surface area contributed by atoms with Crippen LogP contribution in [0.25, 0.3) is 0 Å². The Morgan fingerprint density at radius 3 is 2.60 bits per heavy atom. The number of halogens is 1. The smallest absolute Gasteiger partial charge is 0.179 e. The second-order valence-electron chi connectivity index (χ2n) is 3.21. The average Bonchev–Trinajstić information content (AvgIpc) is 2.18. The third kappa shape index (κ3) is 3.59. The molecular formula is C10H14BrNO2S. The van der Waals surface area contributed by atoms with Gasteiger partial charge >= 0.3 is 0 Å². The first kappa shape index (κ1) is 12.7. The lowest BCUT2D eigenvalue weighted by Crippen LogP contribution is -2.14. The van der Waals surface area contributed by atoms with E-state index in [0.29, 0.717) is 22.3 Å². The number of benzene rings is 1. The van der Waals surface area contributed by atoms with Crippen molar-refractivity contribution in [3.63, 3.8) is 0 Å². The number of sulfone groups is 1. The van der Waals surface area contributed by atoms with Crippen LogP contribution in [0.15, 0.2) is 33.6 Å². The third-order valence-corrected chi connectivity index (χ3v) is 4.82. The molecule has 0 aliphatic rings. The van der Waals surface area contributed by atoms with Gasteiger partial charge in [0.05, 0.1) is 10.6 Å². The standard InChI is InChI=1S/C10H14BrNO2S/c1-12-7-4-8-15(13,14)10-6-3-2-5-9(10)11/h2-3,5-6,12H,4,7-8H2,1H3. The topological polar surface area (TPSA) is 46.2 Å². The third-order valence-electron chi connectivity index (χ3n) is 2.01. The van der Waals surface area contributed by atoms with Crippen LogP contribution >= 0.6 is 15.9 Å². The molecule has 0 saturated heterocycles. The van der Waals surface area contributed by atoms with E-state index in [0.717, 1.165) is 0 Å². The molecule has 5 heteroatoms. The maximum absolute atomic E-state index is 11.9. The number of hydrogen-bond acceptors (Lipinski definition) is 3. The van der Waals surface area contributed by atoms with Crippen LogP contribution in [0.3, 0.4) is 0 Å². The quantitative estimate of drug-likeness (QED) is 0.842. The van der Waals surface area contributed by atoms with Gasteiger partial charge in [0.1, 0.15) is 0 Å². The highest BCUT2D eigenvalue weighted by atomic mass is 79.9. The molecular weight excluding hydrogens is 278 g/mol. The minimum Gasteiger partial charge on any atom is -0.320 e. The van der Waals surface area contributed by atoms with E-state index in [1.807, 2.05) is 7.05 Å². The molecule has 84 valence electrons. The molecule has 0 aromatic heterocycles. The fraction of sp³-hybridized carbons (Fsp3) is 0.400. The van der Waals surface area contributed by atoms with Crippen molar-refractivity contribution < 1.29 is 8.42 Å². The van der Waals surface area contributed by atoms with Gasteiger partial charge in [-0.15, -0.1) is 0 Å². The van der Waals surface area contributed by atoms with Crippen molar-refractivity contribution in [2.24, 2.45) is 0 Å². The van der Waals surface area contributed by atoms with Crippen molar-refractivity contribution in [1.82, 2.24) is 5.32 Å². The SMILES string of the molecule is CNCCCS(=O)(=O)c1ccccc1Br. The molecule has 0 aliphatic heterocycles. The Kier molecular flexibility index (Phi) is 4.76. The molecule has 0 aliphatic carbocycles. The van der Waals surface area contributed by atoms with Crippen LogP contribution in [0.1, 0.15) is 6.42 Å². The maximum Gasteiger partial charge on any atom is 0.179 e. The summed E-state index contributed by atoms with van der Waals surface area (Å²) in [5.41, 5.74) is 0. The Balaban J connectivity index is 2.83. The molecule has 0 bridgehead atoms. The van der Waals surface area contributed by atoms with Crippen LogP contribution in [0.2, 0.25) is 0 Å². The first-order chi connectivity index (χ1) is 7.08. The molecule has 0 radical (unpaired) electrons. The summed E-state index contributed by atoms with van der Waals surface area (Å²) in [4.78, 5) is 0.376. The van der Waals surface area contributed by atoms with E-state index in [2.05, 4.69) is 21.2 Å². The van der Waals surface area contributed by atoms with Crippen LogP contribution in [0.5, 0.6) is 0 Å². The summed E-state index contributed by atoms with van der Waals surface area (Å²) in [7, 11) is -1.34. The lowest BCUT2D eigenvalue weighted by atomic mass is 10.4. The molecule has 0 amide bonds. The van der Waals surface area contributed by atoms with Crippen LogP contribution in [-0.4, -0.2) is 27.8 Å². The summed E-state index contributed by atoms with van der Waals surface area (Å²) in [5, 5.41) is 2.93. The molecule has 1 N–H and O–H groups in total. The Hall–Kier alpha value is -0.390. The van der Waals surface area contributed by atoms with Gasteiger partial charge < -0.3 is 5.32 Å². The normalized spacial score (nSPS) is 11.6. The summed E-state index contributed by atoms with van der Waals surface area (Å²) in [6.07, 6.45) is 0.625. The van der Waals surface area contributed by atoms with E-state index in [-0.39, 0.29) is 5.75 Å². The predicted octanol–water partition coefficient (Wildman–Crippen LogP) is 1.83. The second-order valence-corrected chi connectivity index (χ2v) is 6.14. The van der Waals surface area contributed by atoms with Gasteiger partial charge in [0.2, 0.25) is 0 Å².